The highest BCUT2D eigenvalue weighted by Crippen LogP contribution is 2.15. The van der Waals surface area contributed by atoms with E-state index in [2.05, 4.69) is 0 Å². The maximum absolute atomic E-state index is 7.11. The molecular weight excluding hydrogens is 152 g/mol. The third kappa shape index (κ3) is 1.54. The van der Waals surface area contributed by atoms with E-state index in [1.165, 1.54) is 0 Å². The summed E-state index contributed by atoms with van der Waals surface area (Å²) in [5.74, 6) is 5.36. The quantitative estimate of drug-likeness (QED) is 0.246. The fourth-order valence-corrected chi connectivity index (χ4v) is 0.963. The van der Waals surface area contributed by atoms with Crippen molar-refractivity contribution in [1.82, 2.24) is 0 Å². The van der Waals surface area contributed by atoms with Crippen LogP contribution >= 0.6 is 0 Å². The van der Waals surface area contributed by atoms with Crippen molar-refractivity contribution in [2.45, 2.75) is 6.92 Å². The Labute approximate surface area is 71.3 Å². The first-order valence-corrected chi connectivity index (χ1v) is 3.57. The Kier molecular flexibility index (Phi) is 2.30. The lowest BCUT2D eigenvalue weighted by atomic mass is 10.2. The Morgan fingerprint density at radius 2 is 2.00 bits per heavy atom. The fraction of sp³-hybridized carbons (Fsp3) is 0.125. The summed E-state index contributed by atoms with van der Waals surface area (Å²) in [4.78, 5) is 0. The molecule has 0 saturated heterocycles. The van der Waals surface area contributed by atoms with Crippen LogP contribution in [0.2, 0.25) is 0 Å². The van der Waals surface area contributed by atoms with Crippen molar-refractivity contribution in [3.05, 3.63) is 29.8 Å². The highest BCUT2D eigenvalue weighted by atomic mass is 15.5. The van der Waals surface area contributed by atoms with Crippen LogP contribution in [0.25, 0.3) is 0 Å². The molecule has 64 valence electrons. The van der Waals surface area contributed by atoms with Crippen molar-refractivity contribution < 1.29 is 0 Å². The fourth-order valence-electron chi connectivity index (χ4n) is 0.963. The maximum atomic E-state index is 7.11. The number of rotatable bonds is 1. The van der Waals surface area contributed by atoms with Gasteiger partial charge in [-0.3, -0.25) is 5.41 Å². The number of hydrazine groups is 1. The third-order valence-corrected chi connectivity index (χ3v) is 1.63. The molecule has 0 aliphatic rings. The van der Waals surface area contributed by atoms with E-state index in [0.29, 0.717) is 0 Å². The summed E-state index contributed by atoms with van der Waals surface area (Å²) in [6.45, 7) is 1.91. The summed E-state index contributed by atoms with van der Waals surface area (Å²) >= 11 is 0. The molecule has 1 rings (SSSR count). The van der Waals surface area contributed by atoms with Gasteiger partial charge in [0.1, 0.15) is 0 Å². The number of hydrogen-bond acceptors (Lipinski definition) is 2. The Hall–Kier alpha value is -1.55. The van der Waals surface area contributed by atoms with E-state index in [4.69, 9.17) is 17.0 Å². The van der Waals surface area contributed by atoms with Crippen molar-refractivity contribution >= 4 is 11.6 Å². The van der Waals surface area contributed by atoms with Gasteiger partial charge in [0, 0.05) is 0 Å². The van der Waals surface area contributed by atoms with Crippen LogP contribution in [-0.4, -0.2) is 5.96 Å². The first-order valence-electron chi connectivity index (χ1n) is 3.57. The molecule has 5 N–H and O–H groups in total. The van der Waals surface area contributed by atoms with Gasteiger partial charge < -0.3 is 5.73 Å². The smallest absolute Gasteiger partial charge is 0.207 e. The van der Waals surface area contributed by atoms with Crippen LogP contribution in [0.3, 0.4) is 0 Å². The zero-order valence-electron chi connectivity index (χ0n) is 6.91. The molecule has 0 radical (unpaired) electrons. The number of benzene rings is 1. The van der Waals surface area contributed by atoms with Crippen LogP contribution in [0.1, 0.15) is 5.56 Å². The van der Waals surface area contributed by atoms with Crippen molar-refractivity contribution in [2.75, 3.05) is 5.01 Å². The summed E-state index contributed by atoms with van der Waals surface area (Å²) in [7, 11) is 0. The zero-order valence-corrected chi connectivity index (χ0v) is 6.91. The third-order valence-electron chi connectivity index (χ3n) is 1.63. The summed E-state index contributed by atoms with van der Waals surface area (Å²) in [5, 5.41) is 8.26. The van der Waals surface area contributed by atoms with Gasteiger partial charge >= 0.3 is 0 Å². The molecule has 0 saturated carbocycles. The van der Waals surface area contributed by atoms with Gasteiger partial charge in [0.05, 0.1) is 5.69 Å². The molecule has 0 unspecified atom stereocenters. The highest BCUT2D eigenvalue weighted by Gasteiger charge is 2.05. The molecule has 0 atom stereocenters. The predicted octanol–water partition coefficient (Wildman–Crippen LogP) is 0.569. The summed E-state index contributed by atoms with van der Waals surface area (Å²) in [6, 6.07) is 7.49. The minimum atomic E-state index is -0.163. The van der Waals surface area contributed by atoms with Crippen molar-refractivity contribution in [2.24, 2.45) is 11.6 Å². The second kappa shape index (κ2) is 3.23. The van der Waals surface area contributed by atoms with Crippen LogP contribution in [0, 0.1) is 12.3 Å². The minimum Gasteiger partial charge on any atom is -0.369 e. The van der Waals surface area contributed by atoms with E-state index in [0.717, 1.165) is 16.3 Å². The second-order valence-electron chi connectivity index (χ2n) is 2.54. The number of nitrogens with zero attached hydrogens (tertiary/aromatic N) is 1. The molecule has 0 aliphatic carbocycles. The molecule has 0 spiro atoms. The lowest BCUT2D eigenvalue weighted by molar-refractivity contribution is 1.08. The Bertz CT molecular complexity index is 295. The molecule has 0 aliphatic heterocycles. The van der Waals surface area contributed by atoms with Crippen molar-refractivity contribution in [3.8, 4) is 0 Å². The Morgan fingerprint density at radius 1 is 1.42 bits per heavy atom. The monoisotopic (exact) mass is 164 g/mol. The predicted molar refractivity (Wildman–Crippen MR) is 49.8 cm³/mol. The van der Waals surface area contributed by atoms with E-state index in [1.54, 1.807) is 0 Å². The SMILES string of the molecule is Cc1ccccc1N(N)C(=N)N. The van der Waals surface area contributed by atoms with E-state index >= 15 is 0 Å². The van der Waals surface area contributed by atoms with Crippen LogP contribution in [0.15, 0.2) is 24.3 Å². The van der Waals surface area contributed by atoms with E-state index in [1.807, 2.05) is 31.2 Å². The van der Waals surface area contributed by atoms with Gasteiger partial charge in [-0.2, -0.15) is 0 Å². The van der Waals surface area contributed by atoms with Gasteiger partial charge in [-0.1, -0.05) is 18.2 Å². The minimum absolute atomic E-state index is 0.163. The van der Waals surface area contributed by atoms with E-state index in [-0.39, 0.29) is 5.96 Å². The van der Waals surface area contributed by atoms with Crippen molar-refractivity contribution in [3.63, 3.8) is 0 Å². The molecule has 0 aromatic heterocycles. The summed E-state index contributed by atoms with van der Waals surface area (Å²) < 4.78 is 0. The van der Waals surface area contributed by atoms with Gasteiger partial charge in [-0.05, 0) is 18.6 Å². The molecule has 0 amide bonds. The molecule has 1 aromatic rings. The molecule has 4 heteroatoms. The Balaban J connectivity index is 3.02. The number of anilines is 1. The standard InChI is InChI=1S/C8H12N4/c1-6-4-2-3-5-7(6)12(11)8(9)10/h2-5H,11H2,1H3,(H3,9,10). The molecule has 0 fully saturated rings. The lowest BCUT2D eigenvalue weighted by Gasteiger charge is -2.17. The topological polar surface area (TPSA) is 79.1 Å². The van der Waals surface area contributed by atoms with E-state index in [9.17, 15) is 0 Å². The maximum Gasteiger partial charge on any atom is 0.207 e. The van der Waals surface area contributed by atoms with Gasteiger partial charge in [0.2, 0.25) is 5.96 Å². The largest absolute Gasteiger partial charge is 0.369 e. The van der Waals surface area contributed by atoms with Gasteiger partial charge in [-0.25, -0.2) is 10.9 Å². The molecule has 0 heterocycles. The van der Waals surface area contributed by atoms with Crippen molar-refractivity contribution in [1.29, 1.82) is 5.41 Å². The van der Waals surface area contributed by atoms with Crippen LogP contribution in [0.4, 0.5) is 5.69 Å². The van der Waals surface area contributed by atoms with Gasteiger partial charge in [0.25, 0.3) is 0 Å². The number of nitrogens with one attached hydrogen (secondary N) is 1. The first kappa shape index (κ1) is 8.55. The average molecular weight is 164 g/mol. The summed E-state index contributed by atoms with van der Waals surface area (Å²) in [6.07, 6.45) is 0. The lowest BCUT2D eigenvalue weighted by Crippen LogP contribution is -2.42. The number of hydrogen-bond donors (Lipinski definition) is 3. The molecule has 1 aromatic carbocycles. The number of para-hydroxylation sites is 1. The van der Waals surface area contributed by atoms with E-state index < -0.39 is 0 Å². The molecular formula is C8H12N4. The number of nitrogens with two attached hydrogens (primary N) is 2. The average Bonchev–Trinajstić information content (AvgIpc) is 2.04. The molecule has 4 nitrogen and oxygen atoms in total. The van der Waals surface area contributed by atoms with Gasteiger partial charge in [-0.15, -0.1) is 0 Å². The van der Waals surface area contributed by atoms with Crippen LogP contribution in [0.5, 0.6) is 0 Å². The first-order chi connectivity index (χ1) is 5.63. The van der Waals surface area contributed by atoms with Crippen LogP contribution < -0.4 is 16.6 Å². The zero-order chi connectivity index (χ0) is 9.14. The number of guanidine groups is 1. The summed E-state index contributed by atoms with van der Waals surface area (Å²) in [5.41, 5.74) is 6.97. The normalized spacial score (nSPS) is 9.50. The second-order valence-corrected chi connectivity index (χ2v) is 2.54. The molecule has 12 heavy (non-hydrogen) atoms. The Morgan fingerprint density at radius 3 is 2.50 bits per heavy atom. The van der Waals surface area contributed by atoms with Gasteiger partial charge in [0.15, 0.2) is 0 Å². The van der Waals surface area contributed by atoms with Crippen LogP contribution in [-0.2, 0) is 0 Å². The molecule has 0 bridgehead atoms. The highest BCUT2D eigenvalue weighted by molar-refractivity contribution is 5.91. The number of aryl methyl sites for hydroxylation is 1.